The third-order valence-electron chi connectivity index (χ3n) is 8.71. The fraction of sp³-hybridized carbons (Fsp3) is 0.261. The summed E-state index contributed by atoms with van der Waals surface area (Å²) in [5, 5.41) is 0. The summed E-state index contributed by atoms with van der Waals surface area (Å²) in [7, 11) is 3.41. The van der Waals surface area contributed by atoms with Crippen LogP contribution in [0.3, 0.4) is 0 Å². The summed E-state index contributed by atoms with van der Waals surface area (Å²) < 4.78 is 34.6. The van der Waals surface area contributed by atoms with Crippen LogP contribution in [0.15, 0.2) is 36.4 Å². The van der Waals surface area contributed by atoms with E-state index in [9.17, 15) is 0 Å². The Balaban J connectivity index is 0.000000505. The summed E-state index contributed by atoms with van der Waals surface area (Å²) in [5.41, 5.74) is 0. The van der Waals surface area contributed by atoms with Crippen LogP contribution in [-0.4, -0.2) is 65.4 Å². The van der Waals surface area contributed by atoms with Crippen LogP contribution in [0.1, 0.15) is 32.4 Å². The minimum absolute atomic E-state index is 0. The maximum absolute atomic E-state index is 6.11. The molecule has 8 rings (SSSR count). The molecule has 6 fully saturated rings. The molecule has 4 aliphatic carbocycles. The molecule has 2 saturated heterocycles. The van der Waals surface area contributed by atoms with Crippen molar-refractivity contribution in [1.82, 2.24) is 0 Å². The van der Waals surface area contributed by atoms with Crippen molar-refractivity contribution in [2.75, 3.05) is 40.6 Å². The van der Waals surface area contributed by atoms with Gasteiger partial charge in [0.15, 0.2) is 12.6 Å². The van der Waals surface area contributed by atoms with Gasteiger partial charge in [-0.15, -0.1) is 22.7 Å². The molecule has 6 aliphatic rings. The molecule has 10 heteroatoms. The Morgan fingerprint density at radius 3 is 1.18 bits per heavy atom. The van der Waals surface area contributed by atoms with Crippen LogP contribution in [0.5, 0.6) is 0 Å². The van der Waals surface area contributed by atoms with Crippen molar-refractivity contribution < 1.29 is 62.6 Å². The number of ether oxygens (including phenoxy) is 6. The smallest absolute Gasteiger partial charge is 0.382 e. The monoisotopic (exact) mass is 872 g/mol. The second-order valence-corrected chi connectivity index (χ2v) is 15.0. The molecule has 2 aromatic heterocycles. The Labute approximate surface area is 367 Å². The van der Waals surface area contributed by atoms with Gasteiger partial charge in [0, 0.05) is 57.4 Å². The Morgan fingerprint density at radius 1 is 0.500 bits per heavy atom. The Hall–Kier alpha value is -0.581. The summed E-state index contributed by atoms with van der Waals surface area (Å²) in [5.74, 6) is 4.34. The molecular formula is C46H48Fe2O6S2+4. The van der Waals surface area contributed by atoms with E-state index in [2.05, 4.69) is 86.4 Å². The number of allylic oxidation sites excluding steroid dienone is 2. The summed E-state index contributed by atoms with van der Waals surface area (Å²) in [6.07, 6.45) is 46.5. The fourth-order valence-electron chi connectivity index (χ4n) is 5.99. The number of methoxy groups -OCH3 is 2. The molecule has 4 heterocycles. The molecule has 0 bridgehead atoms. The van der Waals surface area contributed by atoms with Gasteiger partial charge in [-0.25, -0.2) is 0 Å². The van der Waals surface area contributed by atoms with Crippen molar-refractivity contribution in [3.63, 3.8) is 0 Å². The number of rotatable bonds is 12. The predicted molar refractivity (Wildman–Crippen MR) is 220 cm³/mol. The minimum Gasteiger partial charge on any atom is -0.382 e. The zero-order chi connectivity index (χ0) is 37.2. The first-order valence-corrected chi connectivity index (χ1v) is 19.9. The summed E-state index contributed by atoms with van der Waals surface area (Å²) >= 11 is 3.52. The molecule has 2 aromatic rings. The Bertz CT molecular complexity index is 1290. The van der Waals surface area contributed by atoms with Crippen LogP contribution >= 0.6 is 22.7 Å². The standard InChI is InChI=1S/C36H38O6S2.2C5H5.2Fe/c1-37-23-27-19-21-39-35(41-27)33-7-3-5-25(33)9-11-29-13-15-31(43-29)17-18-32-16-14-30(44-32)12-10-26-6-4-8-34(26)36-40-22-20-28(42-36)24-38-2;2*1-2-4-5-3-1;;/h3-18,27-28,35-36H,19-24H2,1-2H3;2*1-5H;;/q;;;2*+2/b11-9+,12-10+,18-17+;;;;/t27-,28-,35-,36-;;;;/m0..../s1. The van der Waals surface area contributed by atoms with Crippen LogP contribution in [0.2, 0.25) is 0 Å². The second-order valence-electron chi connectivity index (χ2n) is 12.7. The third-order valence-corrected chi connectivity index (χ3v) is 10.7. The summed E-state index contributed by atoms with van der Waals surface area (Å²) in [4.78, 5) is 4.80. The summed E-state index contributed by atoms with van der Waals surface area (Å²) in [6.45, 7) is 2.51. The molecule has 292 valence electrons. The molecule has 0 unspecified atom stereocenters. The molecule has 6 nitrogen and oxygen atoms in total. The van der Waals surface area contributed by atoms with Gasteiger partial charge < -0.3 is 28.4 Å². The zero-order valence-corrected chi connectivity index (χ0v) is 35.4. The van der Waals surface area contributed by atoms with Gasteiger partial charge in [-0.2, -0.15) is 0 Å². The quantitative estimate of drug-likeness (QED) is 0.199. The van der Waals surface area contributed by atoms with E-state index >= 15 is 0 Å². The second kappa shape index (κ2) is 27.3. The van der Waals surface area contributed by atoms with Crippen molar-refractivity contribution >= 4 is 47.0 Å². The minimum atomic E-state index is -0.355. The van der Waals surface area contributed by atoms with E-state index in [1.54, 1.807) is 36.9 Å². The normalized spacial score (nSPS) is 26.7. The van der Waals surface area contributed by atoms with Crippen molar-refractivity contribution in [3.8, 4) is 0 Å². The van der Waals surface area contributed by atoms with Gasteiger partial charge in [-0.05, 0) is 164 Å². The SMILES string of the molecule is COC[C@@H]1CCO[C@H]([C]2[CH][CH][CH][C]2/C=C/c2ccc(/C=C/c3ccc(/C=C/[C]4[CH][CH][CH][C]4[C@H]4OCC[C@@H](COC)O4)s3)s2)O1.[CH]1[CH][CH][CH][CH]1.[CH]1[CH][CH][CH][CH]1.[Fe+2].[Fe+2]. The maximum Gasteiger partial charge on any atom is 2.00 e. The van der Waals surface area contributed by atoms with Gasteiger partial charge in [0.2, 0.25) is 0 Å². The molecule has 4 atom stereocenters. The van der Waals surface area contributed by atoms with E-state index in [4.69, 9.17) is 28.4 Å². The van der Waals surface area contributed by atoms with Crippen molar-refractivity contribution in [1.29, 1.82) is 0 Å². The van der Waals surface area contributed by atoms with E-state index in [1.807, 2.05) is 77.0 Å². The van der Waals surface area contributed by atoms with E-state index in [0.717, 1.165) is 36.5 Å². The molecule has 0 aromatic carbocycles. The van der Waals surface area contributed by atoms with Gasteiger partial charge in [0.1, 0.15) is 0 Å². The van der Waals surface area contributed by atoms with Gasteiger partial charge in [-0.1, -0.05) is 12.2 Å². The van der Waals surface area contributed by atoms with E-state index in [0.29, 0.717) is 26.4 Å². The molecule has 20 radical (unpaired) electrons. The summed E-state index contributed by atoms with van der Waals surface area (Å²) in [6, 6.07) is 8.63. The third kappa shape index (κ3) is 15.8. The van der Waals surface area contributed by atoms with Gasteiger partial charge in [0.05, 0.1) is 38.6 Å². The molecule has 4 saturated carbocycles. The molecule has 2 aliphatic heterocycles. The predicted octanol–water partition coefficient (Wildman–Crippen LogP) is 9.15. The van der Waals surface area contributed by atoms with Crippen LogP contribution in [0.4, 0.5) is 0 Å². The average Bonchev–Trinajstić information content (AvgIpc) is 4.06. The first-order chi connectivity index (χ1) is 26.7. The zero-order valence-electron chi connectivity index (χ0n) is 31.5. The van der Waals surface area contributed by atoms with Crippen LogP contribution in [-0.2, 0) is 62.6 Å². The first kappa shape index (κ1) is 48.1. The number of hydrogen-bond acceptors (Lipinski definition) is 8. The van der Waals surface area contributed by atoms with Gasteiger partial charge >= 0.3 is 34.1 Å². The fourth-order valence-corrected chi connectivity index (χ4v) is 7.63. The molecule has 0 amide bonds. The van der Waals surface area contributed by atoms with Crippen LogP contribution in [0, 0.1) is 126 Å². The first-order valence-electron chi connectivity index (χ1n) is 18.3. The van der Waals surface area contributed by atoms with Crippen molar-refractivity contribution in [2.45, 2.75) is 37.6 Å². The van der Waals surface area contributed by atoms with Crippen molar-refractivity contribution in [2.24, 2.45) is 0 Å². The van der Waals surface area contributed by atoms with Crippen molar-refractivity contribution in [3.05, 3.63) is 182 Å². The van der Waals surface area contributed by atoms with E-state index in [-0.39, 0.29) is 58.9 Å². The Morgan fingerprint density at radius 2 is 0.839 bits per heavy atom. The molecule has 0 N–H and O–H groups in total. The molecule has 0 spiro atoms. The van der Waals surface area contributed by atoms with Gasteiger partial charge in [0.25, 0.3) is 0 Å². The largest absolute Gasteiger partial charge is 2.00 e. The van der Waals surface area contributed by atoms with Crippen LogP contribution < -0.4 is 0 Å². The average molecular weight is 873 g/mol. The topological polar surface area (TPSA) is 55.4 Å². The Kier molecular flexibility index (Phi) is 23.4. The van der Waals surface area contributed by atoms with E-state index in [1.165, 1.54) is 19.5 Å². The number of thiophene rings is 2. The maximum atomic E-state index is 6.11. The molecule has 56 heavy (non-hydrogen) atoms. The van der Waals surface area contributed by atoms with Gasteiger partial charge in [-0.3, -0.25) is 0 Å². The van der Waals surface area contributed by atoms with E-state index < -0.39 is 0 Å². The van der Waals surface area contributed by atoms with Crippen LogP contribution in [0.25, 0.3) is 24.3 Å². The molecular weight excluding hydrogens is 824 g/mol. The number of hydrogen-bond donors (Lipinski definition) is 0.